The standard InChI is InChI=1S/C5H8O.C5H10Si.C4H6O.C4H4O.C2H4O.2CH4S.CH4.S/c1-3-4-5(2)6;1-5-6(2,3)4;2*1-3-4(2)5;1-2-3;2*1-2;;/h3-4H,1-2H3;1H,2-4H3;1,4-5H,2H3;1H,2H3;2H,1H3;2*2H,1H3;1H4;/q;;;;;;;;-2/p-2/b4-3+;;;;;;;;. The normalized spacial score (nSPS) is 7.68. The number of rotatable bonds is 1. The number of hydrogen-bond donors (Lipinski definition) is 1. The van der Waals surface area contributed by atoms with Gasteiger partial charge in [0.15, 0.2) is 5.78 Å². The summed E-state index contributed by atoms with van der Waals surface area (Å²) in [5, 5.41) is 8.12. The molecule has 0 heterocycles. The van der Waals surface area contributed by atoms with E-state index in [1.165, 1.54) is 26.8 Å². The van der Waals surface area contributed by atoms with E-state index in [-0.39, 0.29) is 32.5 Å². The molecule has 0 aromatic carbocycles. The minimum atomic E-state index is -1.10. The fraction of sp³-hybridized carbons (Fsp3) is 0.522. The SMILES string of the molecule is C.C#CC(C)=O.C#CC(C)O.C#C[Si](C)(C)C.C/C=C/C(C)=O.CC=O.C[S-].C[S-].[S-2]. The number of aldehydes is 1. The Bertz CT molecular complexity index is 505. The van der Waals surface area contributed by atoms with Crippen LogP contribution in [0.5, 0.6) is 0 Å². The molecule has 0 spiro atoms. The Labute approximate surface area is 212 Å². The van der Waals surface area contributed by atoms with Crippen molar-refractivity contribution in [1.29, 1.82) is 0 Å². The van der Waals surface area contributed by atoms with Crippen molar-refractivity contribution in [3.05, 3.63) is 12.2 Å². The number of hydrogen-bond acceptors (Lipinski definition) is 6. The maximum Gasteiger partial charge on any atom is 0.202 e. The third-order valence-electron chi connectivity index (χ3n) is 1.28. The Hall–Kier alpha value is -1.34. The molecule has 8 heteroatoms. The monoisotopic (exact) mass is 506 g/mol. The predicted molar refractivity (Wildman–Crippen MR) is 150 cm³/mol. The minimum absolute atomic E-state index is 0. The molecule has 1 N–H and O–H groups in total. The van der Waals surface area contributed by atoms with Gasteiger partial charge in [0.25, 0.3) is 0 Å². The summed E-state index contributed by atoms with van der Waals surface area (Å²) in [4.78, 5) is 28.3. The van der Waals surface area contributed by atoms with E-state index in [2.05, 4.69) is 69.2 Å². The average molecular weight is 507 g/mol. The molecule has 0 bridgehead atoms. The zero-order chi connectivity index (χ0) is 25.5. The molecular weight excluding hydrogens is 465 g/mol. The second-order valence-corrected chi connectivity index (χ2v) is 10.1. The van der Waals surface area contributed by atoms with Crippen molar-refractivity contribution in [3.8, 4) is 36.7 Å². The van der Waals surface area contributed by atoms with Crippen LogP contribution in [-0.4, -0.2) is 49.6 Å². The fourth-order valence-electron chi connectivity index (χ4n) is 0.235. The van der Waals surface area contributed by atoms with Crippen LogP contribution in [0.15, 0.2) is 12.2 Å². The van der Waals surface area contributed by atoms with Gasteiger partial charge in [-0.05, 0) is 39.7 Å². The lowest BCUT2D eigenvalue weighted by Gasteiger charge is -2.00. The van der Waals surface area contributed by atoms with Crippen LogP contribution in [0.25, 0.3) is 0 Å². The zero-order valence-electron chi connectivity index (χ0n) is 19.9. The number of aliphatic hydroxyl groups excluding tert-OH is 1. The van der Waals surface area contributed by atoms with E-state index in [9.17, 15) is 9.59 Å². The maximum atomic E-state index is 9.96. The minimum Gasteiger partial charge on any atom is -2.00 e. The lowest BCUT2D eigenvalue weighted by atomic mass is 10.4. The molecule has 0 amide bonds. The third-order valence-corrected chi connectivity index (χ3v) is 2.14. The summed E-state index contributed by atoms with van der Waals surface area (Å²) in [5.41, 5.74) is 2.74. The van der Waals surface area contributed by atoms with Crippen molar-refractivity contribution < 1.29 is 19.5 Å². The lowest BCUT2D eigenvalue weighted by Crippen LogP contribution is -2.15. The van der Waals surface area contributed by atoms with Gasteiger partial charge < -0.3 is 48.7 Å². The van der Waals surface area contributed by atoms with E-state index in [0.717, 1.165) is 6.29 Å². The summed E-state index contributed by atoms with van der Waals surface area (Å²) < 4.78 is 0. The molecule has 0 aliphatic carbocycles. The summed E-state index contributed by atoms with van der Waals surface area (Å²) in [6, 6.07) is 0. The summed E-state index contributed by atoms with van der Waals surface area (Å²) >= 11 is 8.17. The Morgan fingerprint density at radius 1 is 1.00 bits per heavy atom. The van der Waals surface area contributed by atoms with Crippen molar-refractivity contribution in [3.63, 3.8) is 0 Å². The molecule has 184 valence electrons. The first-order valence-corrected chi connectivity index (χ1v) is 13.4. The Morgan fingerprint density at radius 2 is 1.19 bits per heavy atom. The summed E-state index contributed by atoms with van der Waals surface area (Å²) in [5.74, 6) is 3.86. The van der Waals surface area contributed by atoms with E-state index < -0.39 is 14.2 Å². The van der Waals surface area contributed by atoms with Gasteiger partial charge in [0.05, 0.1) is 0 Å². The van der Waals surface area contributed by atoms with E-state index in [0.29, 0.717) is 0 Å². The maximum absolute atomic E-state index is 9.96. The van der Waals surface area contributed by atoms with Gasteiger partial charge >= 0.3 is 0 Å². The Kier molecular flexibility index (Phi) is 104. The van der Waals surface area contributed by atoms with Gasteiger partial charge in [-0.2, -0.15) is 12.5 Å². The van der Waals surface area contributed by atoms with Gasteiger partial charge in [0.2, 0.25) is 5.78 Å². The highest BCUT2D eigenvalue weighted by Crippen LogP contribution is 1.94. The molecular formula is C23H42O4S3Si-4. The van der Waals surface area contributed by atoms with Crippen LogP contribution in [0.1, 0.15) is 42.0 Å². The van der Waals surface area contributed by atoms with Crippen molar-refractivity contribution in [2.45, 2.75) is 67.8 Å². The summed E-state index contributed by atoms with van der Waals surface area (Å²) in [6.45, 7) is 14.1. The molecule has 31 heavy (non-hydrogen) atoms. The van der Waals surface area contributed by atoms with Crippen molar-refractivity contribution in [2.24, 2.45) is 0 Å². The van der Waals surface area contributed by atoms with E-state index in [4.69, 9.17) is 16.3 Å². The zero-order valence-corrected chi connectivity index (χ0v) is 23.4. The number of allylic oxidation sites excluding steroid dienone is 2. The smallest absolute Gasteiger partial charge is 0.202 e. The molecule has 0 saturated heterocycles. The first kappa shape index (κ1) is 57.1. The second-order valence-electron chi connectivity index (χ2n) is 5.28. The highest BCUT2D eigenvalue weighted by atomic mass is 32.1. The molecule has 0 aliphatic rings. The third kappa shape index (κ3) is 272. The van der Waals surface area contributed by atoms with E-state index in [1.807, 2.05) is 12.8 Å². The number of terminal acetylenes is 3. The molecule has 0 aromatic rings. The molecule has 1 unspecified atom stereocenters. The van der Waals surface area contributed by atoms with Gasteiger partial charge in [-0.15, -0.1) is 24.8 Å². The number of carbonyl (C=O) groups is 3. The number of ketones is 2. The molecule has 0 saturated carbocycles. The van der Waals surface area contributed by atoms with Gasteiger partial charge in [0, 0.05) is 6.92 Å². The quantitative estimate of drug-likeness (QED) is 0.145. The van der Waals surface area contributed by atoms with E-state index in [1.54, 1.807) is 25.5 Å². The first-order valence-electron chi connectivity index (χ1n) is 8.23. The number of carbonyl (C=O) groups excluding carboxylic acids is 3. The molecule has 0 aliphatic heterocycles. The Balaban J connectivity index is -0.0000000267. The average Bonchev–Trinajstić information content (AvgIpc) is 2.66. The largest absolute Gasteiger partial charge is 2.00 e. The molecule has 0 radical (unpaired) electrons. The van der Waals surface area contributed by atoms with Crippen molar-refractivity contribution in [1.82, 2.24) is 0 Å². The first-order chi connectivity index (χ1) is 13.3. The van der Waals surface area contributed by atoms with E-state index >= 15 is 0 Å². The molecule has 0 rings (SSSR count). The molecule has 0 fully saturated rings. The van der Waals surface area contributed by atoms with Crippen LogP contribution in [-0.2, 0) is 53.1 Å². The fourth-order valence-corrected chi connectivity index (χ4v) is 0.235. The topological polar surface area (TPSA) is 71.4 Å². The Morgan fingerprint density at radius 3 is 1.19 bits per heavy atom. The van der Waals surface area contributed by atoms with Crippen LogP contribution in [0.3, 0.4) is 0 Å². The van der Waals surface area contributed by atoms with Crippen LogP contribution >= 0.6 is 0 Å². The van der Waals surface area contributed by atoms with Crippen LogP contribution in [0.4, 0.5) is 0 Å². The molecule has 0 aromatic heterocycles. The summed E-state index contributed by atoms with van der Waals surface area (Å²) in [6.07, 6.45) is 20.9. The van der Waals surface area contributed by atoms with Crippen molar-refractivity contribution in [2.75, 3.05) is 12.5 Å². The van der Waals surface area contributed by atoms with Gasteiger partial charge in [-0.1, -0.05) is 39.1 Å². The predicted octanol–water partition coefficient (Wildman–Crippen LogP) is 4.02. The van der Waals surface area contributed by atoms with Gasteiger partial charge in [-0.25, -0.2) is 0 Å². The number of Topliss-reactive ketones (excluding diaryl/α,β-unsaturated/α-hetero) is 1. The molecule has 1 atom stereocenters. The second kappa shape index (κ2) is 56.7. The van der Waals surface area contributed by atoms with Gasteiger partial charge in [-0.3, -0.25) is 9.59 Å². The molecule has 4 nitrogen and oxygen atoms in total. The highest BCUT2D eigenvalue weighted by molar-refractivity contribution is 7.57. The van der Waals surface area contributed by atoms with Gasteiger partial charge in [0.1, 0.15) is 20.5 Å². The van der Waals surface area contributed by atoms with Crippen LogP contribution < -0.4 is 0 Å². The highest BCUT2D eigenvalue weighted by Gasteiger charge is 2.05. The number of aliphatic hydroxyl groups is 1. The van der Waals surface area contributed by atoms with Crippen LogP contribution in [0.2, 0.25) is 19.6 Å². The summed E-state index contributed by atoms with van der Waals surface area (Å²) in [7, 11) is -1.10. The van der Waals surface area contributed by atoms with Crippen molar-refractivity contribution >= 4 is 64.7 Å². The lowest BCUT2D eigenvalue weighted by molar-refractivity contribution is -0.113. The van der Waals surface area contributed by atoms with Crippen LogP contribution in [0, 0.1) is 36.7 Å².